The van der Waals surface area contributed by atoms with Crippen LogP contribution in [-0.2, 0) is 0 Å². The topological polar surface area (TPSA) is 44.0 Å². The van der Waals surface area contributed by atoms with Crippen LogP contribution < -0.4 is 0 Å². The largest absolute Gasteiger partial charge is 0.396 e. The Labute approximate surface area is 61.9 Å². The minimum atomic E-state index is 0.266. The Kier molecular flexibility index (Phi) is 2.76. The summed E-state index contributed by atoms with van der Waals surface area (Å²) in [6.45, 7) is 0.570. The van der Waals surface area contributed by atoms with Gasteiger partial charge in [-0.3, -0.25) is 0 Å². The van der Waals surface area contributed by atoms with Crippen molar-refractivity contribution in [2.75, 3.05) is 6.61 Å². The van der Waals surface area contributed by atoms with E-state index in [1.807, 2.05) is 0 Å². The molecule has 0 aliphatic carbocycles. The number of aliphatic hydroxyl groups is 1. The first kappa shape index (κ1) is 7.62. The molecule has 1 aliphatic heterocycles. The summed E-state index contributed by atoms with van der Waals surface area (Å²) in [6, 6.07) is 0. The average molecular weight is 137 g/mol. The predicted octanol–water partition coefficient (Wildman–Crippen LogP) is 0.946. The van der Waals surface area contributed by atoms with E-state index in [0.717, 1.165) is 25.5 Å². The lowest BCUT2D eigenvalue weighted by molar-refractivity contribution is 0.215. The molecule has 0 bridgehead atoms. The third-order valence-electron chi connectivity index (χ3n) is 2.29. The zero-order valence-corrected chi connectivity index (χ0v) is 6.08. The van der Waals surface area contributed by atoms with Crippen LogP contribution in [-0.4, -0.2) is 18.4 Å². The van der Waals surface area contributed by atoms with Crippen LogP contribution >= 0.6 is 0 Å². The van der Waals surface area contributed by atoms with Crippen molar-refractivity contribution in [3.63, 3.8) is 0 Å². The normalized spacial score (nSPS) is 20.6. The van der Waals surface area contributed by atoms with Crippen molar-refractivity contribution in [1.82, 2.24) is 0 Å². The van der Waals surface area contributed by atoms with Gasteiger partial charge in [0.15, 0.2) is 0 Å². The molecule has 1 fully saturated rings. The molecule has 0 aromatic rings. The van der Waals surface area contributed by atoms with Crippen LogP contribution in [0.5, 0.6) is 0 Å². The van der Waals surface area contributed by atoms with Gasteiger partial charge in [0.2, 0.25) is 0 Å². The Morgan fingerprint density at radius 3 is 2.50 bits per heavy atom. The van der Waals surface area contributed by atoms with E-state index < -0.39 is 0 Å². The van der Waals surface area contributed by atoms with Crippen LogP contribution in [0.15, 0.2) is 0 Å². The highest BCUT2D eigenvalue weighted by Crippen LogP contribution is 2.23. The second-order valence-corrected chi connectivity index (χ2v) is 3.03. The maximum atomic E-state index is 8.77. The molecule has 0 radical (unpaired) electrons. The highest BCUT2D eigenvalue weighted by Gasteiger charge is 2.23. The quantitative estimate of drug-likeness (QED) is 0.546. The first-order valence-electron chi connectivity index (χ1n) is 3.87. The third kappa shape index (κ3) is 1.75. The maximum absolute atomic E-state index is 8.77. The lowest BCUT2D eigenvalue weighted by Crippen LogP contribution is -2.21. The number of aliphatic hydroxyl groups excluding tert-OH is 1. The van der Waals surface area contributed by atoms with E-state index in [-0.39, 0.29) is 6.71 Å². The van der Waals surface area contributed by atoms with Crippen LogP contribution in [0.25, 0.3) is 0 Å². The third-order valence-corrected chi connectivity index (χ3v) is 2.29. The summed E-state index contributed by atoms with van der Waals surface area (Å²) >= 11 is 0. The average Bonchev–Trinajstić information content (AvgIpc) is 2.05. The summed E-state index contributed by atoms with van der Waals surface area (Å²) in [7, 11) is 0. The van der Waals surface area contributed by atoms with Crippen molar-refractivity contribution in [2.24, 2.45) is 5.92 Å². The molecule has 0 aromatic carbocycles. The van der Waals surface area contributed by atoms with Crippen LogP contribution in [0.4, 0.5) is 0 Å². The van der Waals surface area contributed by atoms with Crippen molar-refractivity contribution in [3.05, 3.63) is 0 Å². The molecule has 2 nitrogen and oxygen atoms in total. The minimum absolute atomic E-state index is 0.266. The zero-order chi connectivity index (χ0) is 7.40. The van der Waals surface area contributed by atoms with Gasteiger partial charge in [-0.15, -0.1) is 0 Å². The summed E-state index contributed by atoms with van der Waals surface area (Å²) in [5.74, 6) is 2.74. The van der Waals surface area contributed by atoms with Gasteiger partial charge in [0.25, 0.3) is 6.71 Å². The Morgan fingerprint density at radius 2 is 2.10 bits per heavy atom. The molecule has 0 saturated carbocycles. The number of nitriles is 1. The van der Waals surface area contributed by atoms with E-state index in [9.17, 15) is 0 Å². The highest BCUT2D eigenvalue weighted by molar-refractivity contribution is 6.67. The van der Waals surface area contributed by atoms with Gasteiger partial charge < -0.3 is 5.11 Å². The molecule has 0 unspecified atom stereocenters. The number of hydrogen-bond donors (Lipinski definition) is 1. The summed E-state index contributed by atoms with van der Waals surface area (Å²) in [5.41, 5.74) is 0. The van der Waals surface area contributed by atoms with Crippen molar-refractivity contribution in [1.29, 1.82) is 5.26 Å². The molecule has 54 valence electrons. The molecule has 1 heterocycles. The summed E-state index contributed by atoms with van der Waals surface area (Å²) < 4.78 is 0. The van der Waals surface area contributed by atoms with E-state index in [0.29, 0.717) is 12.5 Å². The number of hydrogen-bond acceptors (Lipinski definition) is 2. The van der Waals surface area contributed by atoms with Gasteiger partial charge in [-0.2, -0.15) is 0 Å². The van der Waals surface area contributed by atoms with Gasteiger partial charge in [-0.05, 0) is 5.92 Å². The van der Waals surface area contributed by atoms with Crippen molar-refractivity contribution in [2.45, 2.75) is 25.5 Å². The molecule has 1 N–H and O–H groups in total. The standard InChI is InChI=1S/C7H12BNO/c9-6-8-3-1-7(5-10)2-4-8/h7,10H,1-5H2. The Morgan fingerprint density at radius 1 is 1.50 bits per heavy atom. The fourth-order valence-corrected chi connectivity index (χ4v) is 1.47. The van der Waals surface area contributed by atoms with Gasteiger partial charge in [0.05, 0.1) is 0 Å². The molecular weight excluding hydrogens is 125 g/mol. The zero-order valence-electron chi connectivity index (χ0n) is 6.08. The molecule has 0 aromatic heterocycles. The van der Waals surface area contributed by atoms with Crippen molar-refractivity contribution in [3.8, 4) is 5.97 Å². The fraction of sp³-hybridized carbons (Fsp3) is 0.857. The van der Waals surface area contributed by atoms with E-state index in [4.69, 9.17) is 10.4 Å². The second kappa shape index (κ2) is 3.63. The van der Waals surface area contributed by atoms with E-state index >= 15 is 0 Å². The molecule has 0 atom stereocenters. The molecule has 10 heavy (non-hydrogen) atoms. The van der Waals surface area contributed by atoms with Crippen molar-refractivity contribution < 1.29 is 5.11 Å². The SMILES string of the molecule is N#CB1CCC(CO)CC1. The smallest absolute Gasteiger partial charge is 0.267 e. The van der Waals surface area contributed by atoms with Gasteiger partial charge >= 0.3 is 0 Å². The monoisotopic (exact) mass is 137 g/mol. The molecule has 0 amide bonds. The molecule has 1 rings (SSSR count). The fourth-order valence-electron chi connectivity index (χ4n) is 1.47. The first-order chi connectivity index (χ1) is 4.86. The van der Waals surface area contributed by atoms with Gasteiger partial charge in [-0.25, -0.2) is 5.26 Å². The molecule has 3 heteroatoms. The summed E-state index contributed by atoms with van der Waals surface area (Å²) in [4.78, 5) is 0. The van der Waals surface area contributed by atoms with Crippen LogP contribution in [0.3, 0.4) is 0 Å². The minimum Gasteiger partial charge on any atom is -0.396 e. The lowest BCUT2D eigenvalue weighted by Gasteiger charge is -2.20. The van der Waals surface area contributed by atoms with Crippen molar-refractivity contribution >= 4 is 6.71 Å². The Hall–Kier alpha value is -0.485. The first-order valence-corrected chi connectivity index (χ1v) is 3.87. The van der Waals surface area contributed by atoms with Crippen LogP contribution in [0.1, 0.15) is 12.8 Å². The van der Waals surface area contributed by atoms with Gasteiger partial charge in [0, 0.05) is 12.6 Å². The molecule has 0 spiro atoms. The van der Waals surface area contributed by atoms with Crippen LogP contribution in [0.2, 0.25) is 12.6 Å². The second-order valence-electron chi connectivity index (χ2n) is 3.03. The highest BCUT2D eigenvalue weighted by atomic mass is 16.3. The molecule has 1 saturated heterocycles. The predicted molar refractivity (Wildman–Crippen MR) is 40.8 cm³/mol. The van der Waals surface area contributed by atoms with E-state index in [1.54, 1.807) is 0 Å². The Balaban J connectivity index is 2.25. The van der Waals surface area contributed by atoms with E-state index in [2.05, 4.69) is 5.97 Å². The molecular formula is C7H12BNO. The summed E-state index contributed by atoms with van der Waals surface area (Å²) in [5, 5.41) is 17.3. The Bertz CT molecular complexity index is 135. The van der Waals surface area contributed by atoms with E-state index in [1.165, 1.54) is 0 Å². The van der Waals surface area contributed by atoms with Crippen LogP contribution in [0, 0.1) is 17.1 Å². The number of nitrogens with zero attached hydrogens (tertiary/aromatic N) is 1. The molecule has 1 aliphatic rings. The summed E-state index contributed by atoms with van der Waals surface area (Å²) in [6.07, 6.45) is 4.05. The van der Waals surface area contributed by atoms with Gasteiger partial charge in [-0.1, -0.05) is 25.5 Å². The maximum Gasteiger partial charge on any atom is 0.267 e. The lowest BCUT2D eigenvalue weighted by atomic mass is 9.42. The van der Waals surface area contributed by atoms with Gasteiger partial charge in [0.1, 0.15) is 0 Å². The number of rotatable bonds is 1.